The molecule has 1 heterocycles. The second-order valence-corrected chi connectivity index (χ2v) is 4.09. The molecule has 1 aliphatic rings. The number of carboxylic acid groups (broad SMARTS) is 1. The molecule has 4 heteroatoms. The van der Waals surface area contributed by atoms with Gasteiger partial charge in [0.25, 0.3) is 0 Å². The molecule has 4 nitrogen and oxygen atoms in total. The van der Waals surface area contributed by atoms with Gasteiger partial charge in [-0.2, -0.15) is 0 Å². The van der Waals surface area contributed by atoms with Gasteiger partial charge in [-0.1, -0.05) is 24.3 Å². The van der Waals surface area contributed by atoms with E-state index in [1.165, 1.54) is 0 Å². The van der Waals surface area contributed by atoms with Crippen LogP contribution >= 0.6 is 0 Å². The van der Waals surface area contributed by atoms with Crippen LogP contribution in [0.15, 0.2) is 24.3 Å². The topological polar surface area (TPSA) is 58.6 Å². The molecule has 1 saturated heterocycles. The van der Waals surface area contributed by atoms with Crippen molar-refractivity contribution < 1.29 is 14.6 Å². The molecule has 16 heavy (non-hydrogen) atoms. The van der Waals surface area contributed by atoms with E-state index in [-0.39, 0.29) is 12.0 Å². The molecule has 0 amide bonds. The van der Waals surface area contributed by atoms with E-state index in [9.17, 15) is 4.79 Å². The van der Waals surface area contributed by atoms with Crippen LogP contribution in [-0.2, 0) is 21.5 Å². The molecule has 1 aromatic carbocycles. The summed E-state index contributed by atoms with van der Waals surface area (Å²) in [6.45, 7) is 1.34. The quantitative estimate of drug-likeness (QED) is 0.788. The number of benzene rings is 1. The molecule has 1 aliphatic heterocycles. The lowest BCUT2D eigenvalue weighted by Gasteiger charge is -2.41. The van der Waals surface area contributed by atoms with Crippen molar-refractivity contribution in [3.63, 3.8) is 0 Å². The normalized spacial score (nSPS) is 17.8. The van der Waals surface area contributed by atoms with E-state index >= 15 is 0 Å². The van der Waals surface area contributed by atoms with Crippen LogP contribution in [0, 0.1) is 0 Å². The van der Waals surface area contributed by atoms with E-state index in [1.54, 1.807) is 0 Å². The summed E-state index contributed by atoms with van der Waals surface area (Å²) in [5.74, 6) is -0.803. The first-order chi connectivity index (χ1) is 7.66. The van der Waals surface area contributed by atoms with Gasteiger partial charge >= 0.3 is 5.97 Å². The Kier molecular flexibility index (Phi) is 2.94. The summed E-state index contributed by atoms with van der Waals surface area (Å²) in [5.41, 5.74) is 1.89. The van der Waals surface area contributed by atoms with Crippen LogP contribution in [0.5, 0.6) is 0 Å². The number of likely N-dealkylation sites (N-methyl/N-ethyl adjacent to an activating group) is 1. The van der Waals surface area contributed by atoms with Gasteiger partial charge < -0.3 is 15.2 Å². The molecule has 1 fully saturated rings. The van der Waals surface area contributed by atoms with Crippen molar-refractivity contribution in [1.29, 1.82) is 0 Å². The van der Waals surface area contributed by atoms with Crippen molar-refractivity contribution in [3.05, 3.63) is 35.4 Å². The van der Waals surface area contributed by atoms with Crippen LogP contribution in [0.2, 0.25) is 0 Å². The molecule has 0 saturated carbocycles. The highest BCUT2D eigenvalue weighted by atomic mass is 16.5. The number of ether oxygens (including phenoxy) is 1. The highest BCUT2D eigenvalue weighted by Crippen LogP contribution is 2.29. The van der Waals surface area contributed by atoms with Crippen molar-refractivity contribution in [2.75, 3.05) is 20.3 Å². The molecule has 0 bridgehead atoms. The first-order valence-electron chi connectivity index (χ1n) is 5.24. The van der Waals surface area contributed by atoms with Crippen molar-refractivity contribution in [1.82, 2.24) is 5.32 Å². The fourth-order valence-electron chi connectivity index (χ4n) is 1.88. The summed E-state index contributed by atoms with van der Waals surface area (Å²) in [4.78, 5) is 10.5. The minimum Gasteiger partial charge on any atom is -0.481 e. The number of hydrogen-bond donors (Lipinski definition) is 2. The Hall–Kier alpha value is -1.39. The molecule has 0 spiro atoms. The van der Waals surface area contributed by atoms with Gasteiger partial charge in [-0.05, 0) is 18.2 Å². The van der Waals surface area contributed by atoms with Crippen LogP contribution in [0.1, 0.15) is 11.1 Å². The molecule has 86 valence electrons. The van der Waals surface area contributed by atoms with Crippen LogP contribution in [-0.4, -0.2) is 31.3 Å². The molecular weight excluding hydrogens is 206 g/mol. The smallest absolute Gasteiger partial charge is 0.307 e. The standard InChI is InChI=1S/C12H15NO3/c1-13-12(7-16-8-12)10-4-2-9(3-5-10)6-11(14)15/h2-5,13H,6-8H2,1H3,(H,14,15). The monoisotopic (exact) mass is 221 g/mol. The summed E-state index contributed by atoms with van der Waals surface area (Å²) in [5, 5.41) is 11.9. The zero-order valence-electron chi connectivity index (χ0n) is 9.19. The van der Waals surface area contributed by atoms with Crippen LogP contribution in [0.4, 0.5) is 0 Å². The lowest BCUT2D eigenvalue weighted by atomic mass is 9.87. The van der Waals surface area contributed by atoms with E-state index in [4.69, 9.17) is 9.84 Å². The number of carboxylic acids is 1. The Morgan fingerprint density at radius 3 is 2.44 bits per heavy atom. The van der Waals surface area contributed by atoms with Gasteiger partial charge in [0.1, 0.15) is 0 Å². The predicted molar refractivity (Wildman–Crippen MR) is 59.3 cm³/mol. The third-order valence-electron chi connectivity index (χ3n) is 3.04. The van der Waals surface area contributed by atoms with Gasteiger partial charge in [0, 0.05) is 0 Å². The molecule has 0 aliphatic carbocycles. The predicted octanol–water partition coefficient (Wildman–Crippen LogP) is 0.759. The maximum Gasteiger partial charge on any atom is 0.307 e. The van der Waals surface area contributed by atoms with E-state index in [2.05, 4.69) is 5.32 Å². The Balaban J connectivity index is 2.15. The van der Waals surface area contributed by atoms with Crippen LogP contribution in [0.25, 0.3) is 0 Å². The number of nitrogens with one attached hydrogen (secondary N) is 1. The third-order valence-corrected chi connectivity index (χ3v) is 3.04. The van der Waals surface area contributed by atoms with Gasteiger partial charge in [0.05, 0.1) is 25.2 Å². The zero-order valence-corrected chi connectivity index (χ0v) is 9.19. The minimum atomic E-state index is -0.803. The van der Waals surface area contributed by atoms with Gasteiger partial charge in [-0.15, -0.1) is 0 Å². The summed E-state index contributed by atoms with van der Waals surface area (Å²) in [6, 6.07) is 7.66. The third kappa shape index (κ3) is 1.94. The number of rotatable bonds is 4. The number of hydrogen-bond acceptors (Lipinski definition) is 3. The van der Waals surface area contributed by atoms with Gasteiger partial charge in [-0.25, -0.2) is 0 Å². The second-order valence-electron chi connectivity index (χ2n) is 4.09. The highest BCUT2D eigenvalue weighted by Gasteiger charge is 2.38. The Labute approximate surface area is 94.2 Å². The zero-order chi connectivity index (χ0) is 11.6. The van der Waals surface area contributed by atoms with Crippen molar-refractivity contribution in [2.24, 2.45) is 0 Å². The number of carbonyl (C=O) groups is 1. The van der Waals surface area contributed by atoms with E-state index in [1.807, 2.05) is 31.3 Å². The van der Waals surface area contributed by atoms with E-state index in [0.717, 1.165) is 11.1 Å². The minimum absolute atomic E-state index is 0.0728. The fourth-order valence-corrected chi connectivity index (χ4v) is 1.88. The molecule has 1 aromatic rings. The van der Waals surface area contributed by atoms with Crippen molar-refractivity contribution in [2.45, 2.75) is 12.0 Å². The lowest BCUT2D eigenvalue weighted by molar-refractivity contribution is -0.136. The van der Waals surface area contributed by atoms with Crippen molar-refractivity contribution in [3.8, 4) is 0 Å². The first kappa shape index (κ1) is 11.1. The highest BCUT2D eigenvalue weighted by molar-refractivity contribution is 5.70. The lowest BCUT2D eigenvalue weighted by Crippen LogP contribution is -2.56. The summed E-state index contributed by atoms with van der Waals surface area (Å²) >= 11 is 0. The Morgan fingerprint density at radius 1 is 1.44 bits per heavy atom. The summed E-state index contributed by atoms with van der Waals surface area (Å²) < 4.78 is 5.22. The van der Waals surface area contributed by atoms with Crippen LogP contribution < -0.4 is 5.32 Å². The Bertz CT molecular complexity index is 376. The summed E-state index contributed by atoms with van der Waals surface area (Å²) in [7, 11) is 1.91. The Morgan fingerprint density at radius 2 is 2.06 bits per heavy atom. The average Bonchev–Trinajstić information content (AvgIpc) is 2.19. The summed E-state index contributed by atoms with van der Waals surface area (Å²) in [6.07, 6.45) is 0.0728. The number of aliphatic carboxylic acids is 1. The van der Waals surface area contributed by atoms with Gasteiger partial charge in [0.15, 0.2) is 0 Å². The average molecular weight is 221 g/mol. The molecular formula is C12H15NO3. The first-order valence-corrected chi connectivity index (χ1v) is 5.24. The fraction of sp³-hybridized carbons (Fsp3) is 0.417. The van der Waals surface area contributed by atoms with E-state index in [0.29, 0.717) is 13.2 Å². The molecule has 0 radical (unpaired) electrons. The largest absolute Gasteiger partial charge is 0.481 e. The maximum atomic E-state index is 10.5. The maximum absolute atomic E-state index is 10.5. The second kappa shape index (κ2) is 4.23. The molecule has 0 aromatic heterocycles. The van der Waals surface area contributed by atoms with Crippen LogP contribution in [0.3, 0.4) is 0 Å². The van der Waals surface area contributed by atoms with Crippen molar-refractivity contribution >= 4 is 5.97 Å². The van der Waals surface area contributed by atoms with Gasteiger partial charge in [0.2, 0.25) is 0 Å². The molecule has 0 atom stereocenters. The van der Waals surface area contributed by atoms with E-state index < -0.39 is 5.97 Å². The van der Waals surface area contributed by atoms with Gasteiger partial charge in [-0.3, -0.25) is 4.79 Å². The molecule has 2 N–H and O–H groups in total. The molecule has 0 unspecified atom stereocenters. The molecule has 2 rings (SSSR count). The SMILES string of the molecule is CNC1(c2ccc(CC(=O)O)cc2)COC1.